The van der Waals surface area contributed by atoms with Gasteiger partial charge in [-0.05, 0) is 73.9 Å². The summed E-state index contributed by atoms with van der Waals surface area (Å²) in [6.07, 6.45) is 0.276. The fourth-order valence-electron chi connectivity index (χ4n) is 5.07. The van der Waals surface area contributed by atoms with E-state index in [1.54, 1.807) is 44.2 Å². The number of hydrogen-bond acceptors (Lipinski definition) is 12. The van der Waals surface area contributed by atoms with Crippen LogP contribution in [0.1, 0.15) is 43.5 Å². The van der Waals surface area contributed by atoms with Gasteiger partial charge in [0, 0.05) is 5.70 Å². The Morgan fingerprint density at radius 3 is 2.59 bits per heavy atom. The first-order valence-electron chi connectivity index (χ1n) is 15.4. The van der Waals surface area contributed by atoms with Gasteiger partial charge in [-0.2, -0.15) is 5.10 Å². The molecule has 5 rings (SSSR count). The molecule has 2 aliphatic rings. The van der Waals surface area contributed by atoms with Gasteiger partial charge < -0.3 is 48.9 Å². The predicted octanol–water partition coefficient (Wildman–Crippen LogP) is 4.57. The van der Waals surface area contributed by atoms with Crippen LogP contribution in [0.3, 0.4) is 0 Å². The lowest BCUT2D eigenvalue weighted by Gasteiger charge is -2.28. The molecule has 15 heteroatoms. The summed E-state index contributed by atoms with van der Waals surface area (Å²) < 4.78 is 39.1. The molecule has 2 heterocycles. The summed E-state index contributed by atoms with van der Waals surface area (Å²) in [5, 5.41) is 20.3. The summed E-state index contributed by atoms with van der Waals surface area (Å²) in [4.78, 5) is 24.7. The van der Waals surface area contributed by atoms with Gasteiger partial charge in [-0.1, -0.05) is 23.7 Å². The molecule has 0 aliphatic carbocycles. The molecule has 14 nitrogen and oxygen atoms in total. The summed E-state index contributed by atoms with van der Waals surface area (Å²) in [6, 6.07) is 12.7. The van der Waals surface area contributed by atoms with Crippen LogP contribution < -0.4 is 44.5 Å². The average molecular weight is 697 g/mol. The number of allylic oxidation sites excluding steroid dienone is 1. The van der Waals surface area contributed by atoms with E-state index in [2.05, 4.69) is 21.2 Å². The molecule has 0 saturated carbocycles. The lowest BCUT2D eigenvalue weighted by Crippen LogP contribution is -2.45. The molecule has 2 atom stereocenters. The number of halogens is 1. The van der Waals surface area contributed by atoms with E-state index in [0.717, 1.165) is 5.56 Å². The van der Waals surface area contributed by atoms with Crippen molar-refractivity contribution in [1.82, 2.24) is 16.1 Å². The number of urea groups is 1. The molecule has 0 spiro atoms. The number of benzene rings is 3. The molecular formula is C34H37ClN4O10. The number of amides is 2. The van der Waals surface area contributed by atoms with Gasteiger partial charge in [0.15, 0.2) is 40.7 Å². The number of hydrazone groups is 1. The molecule has 0 aromatic heterocycles. The van der Waals surface area contributed by atoms with E-state index in [-0.39, 0.29) is 25.6 Å². The largest absolute Gasteiger partial charge is 0.490 e. The zero-order valence-corrected chi connectivity index (χ0v) is 28.1. The molecule has 260 valence electrons. The number of esters is 1. The number of hydrogen-bond donors (Lipinski definition) is 4. The Balaban J connectivity index is 1.21. The van der Waals surface area contributed by atoms with E-state index in [4.69, 9.17) is 44.8 Å². The molecule has 0 fully saturated rings. The van der Waals surface area contributed by atoms with E-state index in [1.807, 2.05) is 25.1 Å². The number of rotatable bonds is 15. The molecule has 0 unspecified atom stereocenters. The van der Waals surface area contributed by atoms with E-state index in [0.29, 0.717) is 69.6 Å². The van der Waals surface area contributed by atoms with Crippen molar-refractivity contribution in [2.45, 2.75) is 39.6 Å². The van der Waals surface area contributed by atoms with Crippen LogP contribution in [0.5, 0.6) is 34.5 Å². The first-order valence-corrected chi connectivity index (χ1v) is 15.8. The Bertz CT molecular complexity index is 1750. The van der Waals surface area contributed by atoms with E-state index in [9.17, 15) is 14.7 Å². The van der Waals surface area contributed by atoms with Crippen molar-refractivity contribution in [3.05, 3.63) is 81.5 Å². The highest BCUT2D eigenvalue weighted by molar-refractivity contribution is 6.32. The van der Waals surface area contributed by atoms with Gasteiger partial charge in [-0.3, -0.25) is 5.43 Å². The Labute approximate surface area is 287 Å². The molecule has 0 saturated heterocycles. The number of nitrogens with zero attached hydrogens (tertiary/aromatic N) is 1. The van der Waals surface area contributed by atoms with Crippen LogP contribution in [-0.4, -0.2) is 63.3 Å². The highest BCUT2D eigenvalue weighted by Gasteiger charge is 2.32. The van der Waals surface area contributed by atoms with Crippen LogP contribution in [0.15, 0.2) is 64.9 Å². The maximum Gasteiger partial charge on any atom is 0.337 e. The number of carbonyl (C=O) groups excluding carboxylic acids is 2. The summed E-state index contributed by atoms with van der Waals surface area (Å²) in [7, 11) is 1.27. The molecule has 0 bridgehead atoms. The number of methoxy groups -OCH3 is 1. The molecule has 3 aromatic carbocycles. The monoisotopic (exact) mass is 696 g/mol. The second-order valence-corrected chi connectivity index (χ2v) is 11.1. The smallest absolute Gasteiger partial charge is 0.337 e. The van der Waals surface area contributed by atoms with Crippen molar-refractivity contribution in [3.8, 4) is 34.5 Å². The predicted molar refractivity (Wildman–Crippen MR) is 178 cm³/mol. The molecule has 0 radical (unpaired) electrons. The third-order valence-electron chi connectivity index (χ3n) is 7.26. The summed E-state index contributed by atoms with van der Waals surface area (Å²) >= 11 is 6.57. The van der Waals surface area contributed by atoms with E-state index >= 15 is 0 Å². The van der Waals surface area contributed by atoms with Crippen LogP contribution in [0.4, 0.5) is 4.79 Å². The second kappa shape index (κ2) is 16.2. The van der Waals surface area contributed by atoms with E-state index < -0.39 is 24.3 Å². The molecule has 2 aliphatic heterocycles. The molecule has 3 aromatic rings. The summed E-state index contributed by atoms with van der Waals surface area (Å²) in [5.74, 6) is 2.26. The van der Waals surface area contributed by atoms with Gasteiger partial charge in [-0.15, -0.1) is 0 Å². The molecule has 4 N–H and O–H groups in total. The van der Waals surface area contributed by atoms with Gasteiger partial charge in [0.05, 0.1) is 43.2 Å². The van der Waals surface area contributed by atoms with Gasteiger partial charge in [0.2, 0.25) is 6.79 Å². The Morgan fingerprint density at radius 2 is 1.82 bits per heavy atom. The number of ether oxygens (including phenoxy) is 7. The second-order valence-electron chi connectivity index (χ2n) is 10.7. The standard InChI is InChI=1S/C34H37ClN4O10/c1-5-44-27-14-22(31-30(33(41)43-4)19(3)37-34(42)38-31)8-10-24(27)46-17-29(40)39-36-15-21-11-23(35)32(28(13-21)45-6-2)47-16-20-7-9-25-26(12-20)49-18-48-25/h7-15,29,31,39-40H,5-6,16-18H2,1-4H3,(H2,37,38,42)/b36-15-/t29-,31-/m1/s1. The fraction of sp³-hybridized carbons (Fsp3) is 0.324. The Hall–Kier alpha value is -5.34. The molecule has 2 amide bonds. The third-order valence-corrected chi connectivity index (χ3v) is 7.54. The summed E-state index contributed by atoms with van der Waals surface area (Å²) in [5.41, 5.74) is 5.29. The summed E-state index contributed by atoms with van der Waals surface area (Å²) in [6.45, 7) is 6.20. The maximum absolute atomic E-state index is 12.5. The van der Waals surface area contributed by atoms with Gasteiger partial charge in [-0.25, -0.2) is 9.59 Å². The van der Waals surface area contributed by atoms with Crippen LogP contribution in [0.2, 0.25) is 5.02 Å². The van der Waals surface area contributed by atoms with Crippen molar-refractivity contribution in [1.29, 1.82) is 0 Å². The van der Waals surface area contributed by atoms with Crippen LogP contribution in [-0.2, 0) is 16.1 Å². The maximum atomic E-state index is 12.5. The quantitative estimate of drug-likeness (QED) is 0.0761. The first-order chi connectivity index (χ1) is 23.7. The van der Waals surface area contributed by atoms with Crippen molar-refractivity contribution < 1.29 is 47.9 Å². The van der Waals surface area contributed by atoms with Crippen LogP contribution >= 0.6 is 11.6 Å². The van der Waals surface area contributed by atoms with Crippen molar-refractivity contribution in [2.75, 3.05) is 33.7 Å². The number of nitrogens with one attached hydrogen (secondary N) is 3. The minimum atomic E-state index is -1.20. The highest BCUT2D eigenvalue weighted by atomic mass is 35.5. The fourth-order valence-corrected chi connectivity index (χ4v) is 5.35. The van der Waals surface area contributed by atoms with Crippen LogP contribution in [0, 0.1) is 0 Å². The molecule has 49 heavy (non-hydrogen) atoms. The normalized spacial score (nSPS) is 15.7. The number of fused-ring (bicyclic) bond motifs is 1. The lowest BCUT2D eigenvalue weighted by atomic mass is 9.95. The number of aliphatic hydroxyl groups excluding tert-OH is 1. The SMILES string of the molecule is CCOc1cc([C@H]2NC(=O)NC(C)=C2C(=O)OC)ccc1OC[C@@H](O)N/N=C\c1cc(Cl)c(OCc2ccc3c(c2)OCO3)c(OCC)c1. The van der Waals surface area contributed by atoms with Gasteiger partial charge in [0.25, 0.3) is 0 Å². The van der Waals surface area contributed by atoms with Crippen molar-refractivity contribution in [2.24, 2.45) is 5.10 Å². The Kier molecular flexibility index (Phi) is 11.5. The van der Waals surface area contributed by atoms with Crippen LogP contribution in [0.25, 0.3) is 0 Å². The van der Waals surface area contributed by atoms with Crippen molar-refractivity contribution >= 4 is 29.8 Å². The topological polar surface area (TPSA) is 167 Å². The Morgan fingerprint density at radius 1 is 1.04 bits per heavy atom. The van der Waals surface area contributed by atoms with Crippen molar-refractivity contribution in [3.63, 3.8) is 0 Å². The average Bonchev–Trinajstić information content (AvgIpc) is 3.55. The van der Waals surface area contributed by atoms with E-state index in [1.165, 1.54) is 13.3 Å². The number of aliphatic hydroxyl groups is 1. The first kappa shape index (κ1) is 35.0. The minimum Gasteiger partial charge on any atom is -0.490 e. The van der Waals surface area contributed by atoms with Gasteiger partial charge >= 0.3 is 12.0 Å². The number of carbonyl (C=O) groups is 2. The lowest BCUT2D eigenvalue weighted by molar-refractivity contribution is -0.136. The zero-order valence-electron chi connectivity index (χ0n) is 27.3. The van der Waals surface area contributed by atoms with Gasteiger partial charge in [0.1, 0.15) is 13.2 Å². The third kappa shape index (κ3) is 8.58. The zero-order chi connectivity index (χ0) is 34.9. The highest BCUT2D eigenvalue weighted by Crippen LogP contribution is 2.38. The molecular weight excluding hydrogens is 660 g/mol. The minimum absolute atomic E-state index is 0.186.